The third-order valence-corrected chi connectivity index (χ3v) is 2.99. The van der Waals surface area contributed by atoms with Crippen LogP contribution in [0.3, 0.4) is 0 Å². The first-order valence-electron chi connectivity index (χ1n) is 6.51. The summed E-state index contributed by atoms with van der Waals surface area (Å²) in [6.07, 6.45) is 0.581. The average molecular weight is 279 g/mol. The first-order valence-corrected chi connectivity index (χ1v) is 6.51. The van der Waals surface area contributed by atoms with Crippen LogP contribution in [-0.2, 0) is 4.79 Å². The molecule has 0 saturated carbocycles. The molecule has 1 aromatic carbocycles. The smallest absolute Gasteiger partial charge is 0.305 e. The van der Waals surface area contributed by atoms with Crippen molar-refractivity contribution < 1.29 is 24.2 Å². The van der Waals surface area contributed by atoms with Crippen LogP contribution in [0.2, 0.25) is 0 Å². The van der Waals surface area contributed by atoms with Crippen molar-refractivity contribution >= 4 is 11.8 Å². The van der Waals surface area contributed by atoms with Gasteiger partial charge < -0.3 is 19.9 Å². The second-order valence-electron chi connectivity index (χ2n) is 4.54. The number of carbonyl (C=O) groups excluding carboxylic acids is 1. The largest absolute Gasteiger partial charge is 0.481 e. The van der Waals surface area contributed by atoms with Crippen LogP contribution in [0.15, 0.2) is 18.2 Å². The van der Waals surface area contributed by atoms with Crippen LogP contribution < -0.4 is 14.8 Å². The fraction of sp³-hybridized carbons (Fsp3) is 0.429. The molecule has 20 heavy (non-hydrogen) atoms. The highest BCUT2D eigenvalue weighted by Gasteiger charge is 2.24. The molecular formula is C14H17NO5. The molecule has 1 heterocycles. The molecule has 0 aliphatic carbocycles. The molecule has 0 aromatic heterocycles. The van der Waals surface area contributed by atoms with Gasteiger partial charge in [0.25, 0.3) is 0 Å². The van der Waals surface area contributed by atoms with Crippen molar-refractivity contribution in [3.8, 4) is 11.5 Å². The van der Waals surface area contributed by atoms with Crippen LogP contribution in [0.5, 0.6) is 11.5 Å². The number of carboxylic acids is 1. The molecule has 6 heteroatoms. The number of ether oxygens (including phenoxy) is 2. The molecule has 1 aromatic rings. The Bertz CT molecular complexity index is 514. The second-order valence-corrected chi connectivity index (χ2v) is 4.54. The molecule has 0 amide bonds. The van der Waals surface area contributed by atoms with E-state index in [0.29, 0.717) is 23.6 Å². The van der Waals surface area contributed by atoms with Gasteiger partial charge in [-0.1, -0.05) is 6.92 Å². The van der Waals surface area contributed by atoms with Crippen LogP contribution in [0.4, 0.5) is 0 Å². The Hall–Kier alpha value is -2.08. The second kappa shape index (κ2) is 6.38. The summed E-state index contributed by atoms with van der Waals surface area (Å²) in [5.41, 5.74) is 0.420. The highest BCUT2D eigenvalue weighted by Crippen LogP contribution is 2.32. The quantitative estimate of drug-likeness (QED) is 0.735. The number of fused-ring (bicyclic) bond motifs is 1. The van der Waals surface area contributed by atoms with Gasteiger partial charge in [0.1, 0.15) is 0 Å². The van der Waals surface area contributed by atoms with E-state index < -0.39 is 12.0 Å². The maximum absolute atomic E-state index is 12.4. The highest BCUT2D eigenvalue weighted by molar-refractivity contribution is 6.02. The normalized spacial score (nSPS) is 14.1. The Morgan fingerprint density at radius 2 is 2.10 bits per heavy atom. The minimum Gasteiger partial charge on any atom is -0.481 e. The Kier molecular flexibility index (Phi) is 4.57. The van der Waals surface area contributed by atoms with E-state index in [9.17, 15) is 9.59 Å². The number of aliphatic carboxylic acids is 1. The van der Waals surface area contributed by atoms with Gasteiger partial charge in [0.2, 0.25) is 6.79 Å². The van der Waals surface area contributed by atoms with Gasteiger partial charge in [-0.2, -0.15) is 0 Å². The fourth-order valence-electron chi connectivity index (χ4n) is 2.00. The van der Waals surface area contributed by atoms with E-state index in [1.807, 2.05) is 6.92 Å². The number of carboxylic acid groups (broad SMARTS) is 1. The molecule has 6 nitrogen and oxygen atoms in total. The van der Waals surface area contributed by atoms with Gasteiger partial charge in [0.15, 0.2) is 17.3 Å². The van der Waals surface area contributed by atoms with Crippen LogP contribution in [0.1, 0.15) is 30.1 Å². The Morgan fingerprint density at radius 3 is 2.80 bits per heavy atom. The van der Waals surface area contributed by atoms with E-state index >= 15 is 0 Å². The third-order valence-electron chi connectivity index (χ3n) is 2.99. The van der Waals surface area contributed by atoms with Gasteiger partial charge in [-0.3, -0.25) is 9.59 Å². The molecule has 2 rings (SSSR count). The maximum atomic E-state index is 12.4. The molecule has 108 valence electrons. The molecule has 2 N–H and O–H groups in total. The van der Waals surface area contributed by atoms with Crippen LogP contribution in [0, 0.1) is 0 Å². The summed E-state index contributed by atoms with van der Waals surface area (Å²) in [6, 6.07) is 4.14. The number of Topliss-reactive ketones (excluding diaryl/α,β-unsaturated/α-hetero) is 1. The predicted molar refractivity (Wildman–Crippen MR) is 71.2 cm³/mol. The molecule has 0 saturated heterocycles. The van der Waals surface area contributed by atoms with E-state index in [4.69, 9.17) is 14.6 Å². The molecule has 0 radical (unpaired) electrons. The van der Waals surface area contributed by atoms with E-state index in [-0.39, 0.29) is 19.0 Å². The van der Waals surface area contributed by atoms with E-state index in [2.05, 4.69) is 5.32 Å². The Morgan fingerprint density at radius 1 is 1.35 bits per heavy atom. The van der Waals surface area contributed by atoms with Crippen LogP contribution >= 0.6 is 0 Å². The maximum Gasteiger partial charge on any atom is 0.305 e. The van der Waals surface area contributed by atoms with Crippen molar-refractivity contribution in [3.05, 3.63) is 23.8 Å². The van der Waals surface area contributed by atoms with Crippen LogP contribution in [0.25, 0.3) is 0 Å². The summed E-state index contributed by atoms with van der Waals surface area (Å²) in [6.45, 7) is 2.68. The molecule has 1 atom stereocenters. The fourth-order valence-corrected chi connectivity index (χ4v) is 2.00. The van der Waals surface area contributed by atoms with E-state index in [1.165, 1.54) is 0 Å². The summed E-state index contributed by atoms with van der Waals surface area (Å²) in [7, 11) is 0. The summed E-state index contributed by atoms with van der Waals surface area (Å²) in [4.78, 5) is 23.2. The Labute approximate surface area is 116 Å². The summed E-state index contributed by atoms with van der Waals surface area (Å²) in [5.74, 6) is -0.148. The molecule has 1 unspecified atom stereocenters. The monoisotopic (exact) mass is 279 g/mol. The lowest BCUT2D eigenvalue weighted by Crippen LogP contribution is -2.39. The summed E-state index contributed by atoms with van der Waals surface area (Å²) < 4.78 is 10.4. The average Bonchev–Trinajstić information content (AvgIpc) is 2.89. The lowest BCUT2D eigenvalue weighted by molar-refractivity contribution is -0.137. The van der Waals surface area contributed by atoms with E-state index in [0.717, 1.165) is 6.42 Å². The van der Waals surface area contributed by atoms with E-state index in [1.54, 1.807) is 18.2 Å². The molecule has 1 aliphatic heterocycles. The third kappa shape index (κ3) is 3.27. The standard InChI is InChI=1S/C14H17NO5/c1-2-5-15-10(7-13(16)17)14(18)9-3-4-11-12(6-9)20-8-19-11/h3-4,6,10,15H,2,5,7-8H2,1H3,(H,16,17). The zero-order valence-corrected chi connectivity index (χ0v) is 11.2. The number of ketones is 1. The highest BCUT2D eigenvalue weighted by atomic mass is 16.7. The zero-order valence-electron chi connectivity index (χ0n) is 11.2. The first-order chi connectivity index (χ1) is 9.61. The topological polar surface area (TPSA) is 84.9 Å². The van der Waals surface area contributed by atoms with Gasteiger partial charge in [0.05, 0.1) is 12.5 Å². The van der Waals surface area contributed by atoms with Crippen molar-refractivity contribution in [1.82, 2.24) is 5.32 Å². The summed E-state index contributed by atoms with van der Waals surface area (Å²) in [5, 5.41) is 11.9. The van der Waals surface area contributed by atoms with Gasteiger partial charge in [-0.15, -0.1) is 0 Å². The SMILES string of the molecule is CCCNC(CC(=O)O)C(=O)c1ccc2c(c1)OCO2. The van der Waals surface area contributed by atoms with Crippen molar-refractivity contribution in [2.24, 2.45) is 0 Å². The molecule has 0 bridgehead atoms. The summed E-state index contributed by atoms with van der Waals surface area (Å²) >= 11 is 0. The minimum atomic E-state index is -1.01. The number of nitrogens with one attached hydrogen (secondary N) is 1. The van der Waals surface area contributed by atoms with Crippen molar-refractivity contribution in [2.45, 2.75) is 25.8 Å². The Balaban J connectivity index is 2.15. The lowest BCUT2D eigenvalue weighted by atomic mass is 10.0. The van der Waals surface area contributed by atoms with Crippen molar-refractivity contribution in [1.29, 1.82) is 0 Å². The number of hydrogen-bond acceptors (Lipinski definition) is 5. The minimum absolute atomic E-state index is 0.139. The van der Waals surface area contributed by atoms with Crippen molar-refractivity contribution in [3.63, 3.8) is 0 Å². The van der Waals surface area contributed by atoms with Gasteiger partial charge >= 0.3 is 5.97 Å². The molecule has 1 aliphatic rings. The van der Waals surface area contributed by atoms with Gasteiger partial charge in [-0.05, 0) is 31.2 Å². The lowest BCUT2D eigenvalue weighted by Gasteiger charge is -2.15. The molecular weight excluding hydrogens is 262 g/mol. The van der Waals surface area contributed by atoms with Crippen molar-refractivity contribution in [2.75, 3.05) is 13.3 Å². The number of rotatable bonds is 7. The number of benzene rings is 1. The van der Waals surface area contributed by atoms with Gasteiger partial charge in [0, 0.05) is 5.56 Å². The van der Waals surface area contributed by atoms with Gasteiger partial charge in [-0.25, -0.2) is 0 Å². The number of hydrogen-bond donors (Lipinski definition) is 2. The number of carbonyl (C=O) groups is 2. The molecule has 0 fully saturated rings. The molecule has 0 spiro atoms. The first kappa shape index (κ1) is 14.3. The zero-order chi connectivity index (χ0) is 14.5. The van der Waals surface area contributed by atoms with Crippen LogP contribution in [-0.4, -0.2) is 36.2 Å². The predicted octanol–water partition coefficient (Wildman–Crippen LogP) is 1.44.